The van der Waals surface area contributed by atoms with Crippen LogP contribution in [0.4, 0.5) is 5.69 Å². The number of hydrogen-bond donors (Lipinski definition) is 0. The van der Waals surface area contributed by atoms with Gasteiger partial charge < -0.3 is 4.90 Å². The average Bonchev–Trinajstić information content (AvgIpc) is 2.19. The molecule has 0 aliphatic heterocycles. The van der Waals surface area contributed by atoms with Gasteiger partial charge in [-0.1, -0.05) is 12.2 Å². The molecule has 2 nitrogen and oxygen atoms in total. The van der Waals surface area contributed by atoms with Crippen molar-refractivity contribution in [3.05, 3.63) is 49.8 Å². The molecular weight excluding hydrogens is 160 g/mol. The lowest BCUT2D eigenvalue weighted by Crippen LogP contribution is -2.22. The van der Waals surface area contributed by atoms with Crippen LogP contribution in [0.15, 0.2) is 49.8 Å². The van der Waals surface area contributed by atoms with Crippen LogP contribution in [0, 0.1) is 0 Å². The van der Waals surface area contributed by atoms with Crippen LogP contribution in [-0.2, 0) is 0 Å². The Morgan fingerprint density at radius 1 is 1.31 bits per heavy atom. The summed E-state index contributed by atoms with van der Waals surface area (Å²) in [4.78, 5) is 6.21. The SMILES string of the molecule is C=CCN(CC=C)c1cccnc1. The van der Waals surface area contributed by atoms with Gasteiger partial charge in [-0.3, -0.25) is 4.98 Å². The molecule has 0 spiro atoms. The van der Waals surface area contributed by atoms with Crippen LogP contribution in [0.5, 0.6) is 0 Å². The second kappa shape index (κ2) is 5.14. The molecule has 0 unspecified atom stereocenters. The second-order valence-electron chi connectivity index (χ2n) is 2.69. The summed E-state index contributed by atoms with van der Waals surface area (Å²) in [5.74, 6) is 0. The van der Waals surface area contributed by atoms with E-state index in [4.69, 9.17) is 0 Å². The van der Waals surface area contributed by atoms with Crippen molar-refractivity contribution in [3.8, 4) is 0 Å². The highest BCUT2D eigenvalue weighted by Crippen LogP contribution is 2.10. The molecule has 2 heteroatoms. The lowest BCUT2D eigenvalue weighted by Gasteiger charge is -2.20. The zero-order valence-electron chi connectivity index (χ0n) is 7.69. The lowest BCUT2D eigenvalue weighted by molar-refractivity contribution is 0.950. The molecule has 1 aromatic rings. The normalized spacial score (nSPS) is 9.23. The first-order valence-corrected chi connectivity index (χ1v) is 4.25. The van der Waals surface area contributed by atoms with Gasteiger partial charge >= 0.3 is 0 Å². The number of rotatable bonds is 5. The third-order valence-electron chi connectivity index (χ3n) is 1.71. The second-order valence-corrected chi connectivity index (χ2v) is 2.69. The molecule has 0 fully saturated rings. The van der Waals surface area contributed by atoms with Gasteiger partial charge in [0.05, 0.1) is 11.9 Å². The summed E-state index contributed by atoms with van der Waals surface area (Å²) in [5, 5.41) is 0. The molecule has 1 aromatic heterocycles. The number of anilines is 1. The zero-order chi connectivity index (χ0) is 9.52. The summed E-state index contributed by atoms with van der Waals surface area (Å²) in [6, 6.07) is 3.95. The Balaban J connectivity index is 2.75. The van der Waals surface area contributed by atoms with E-state index in [1.807, 2.05) is 30.5 Å². The summed E-state index contributed by atoms with van der Waals surface area (Å²) in [6.45, 7) is 9.06. The van der Waals surface area contributed by atoms with E-state index >= 15 is 0 Å². The standard InChI is InChI=1S/C11H14N2/c1-3-8-13(9-4-2)11-6-5-7-12-10-11/h3-7,10H,1-2,8-9H2. The monoisotopic (exact) mass is 174 g/mol. The highest BCUT2D eigenvalue weighted by molar-refractivity contribution is 5.44. The molecular formula is C11H14N2. The molecule has 13 heavy (non-hydrogen) atoms. The van der Waals surface area contributed by atoms with Gasteiger partial charge in [0.25, 0.3) is 0 Å². The summed E-state index contributed by atoms with van der Waals surface area (Å²) in [6.07, 6.45) is 7.35. The fourth-order valence-electron chi connectivity index (χ4n) is 1.14. The van der Waals surface area contributed by atoms with Gasteiger partial charge in [0.2, 0.25) is 0 Å². The topological polar surface area (TPSA) is 16.1 Å². The highest BCUT2D eigenvalue weighted by atomic mass is 15.1. The van der Waals surface area contributed by atoms with Crippen LogP contribution >= 0.6 is 0 Å². The molecule has 0 aliphatic carbocycles. The predicted octanol–water partition coefficient (Wildman–Crippen LogP) is 2.26. The molecule has 68 valence electrons. The van der Waals surface area contributed by atoms with E-state index in [9.17, 15) is 0 Å². The summed E-state index contributed by atoms with van der Waals surface area (Å²) in [7, 11) is 0. The number of pyridine rings is 1. The molecule has 1 heterocycles. The Morgan fingerprint density at radius 3 is 2.46 bits per heavy atom. The predicted molar refractivity (Wildman–Crippen MR) is 56.8 cm³/mol. The molecule has 1 rings (SSSR count). The van der Waals surface area contributed by atoms with Crippen LogP contribution in [0.3, 0.4) is 0 Å². The number of nitrogens with zero attached hydrogens (tertiary/aromatic N) is 2. The van der Waals surface area contributed by atoms with E-state index < -0.39 is 0 Å². The van der Waals surface area contributed by atoms with Crippen LogP contribution < -0.4 is 4.90 Å². The average molecular weight is 174 g/mol. The van der Waals surface area contributed by atoms with Gasteiger partial charge in [-0.05, 0) is 12.1 Å². The molecule has 0 saturated carbocycles. The maximum Gasteiger partial charge on any atom is 0.0558 e. The fourth-order valence-corrected chi connectivity index (χ4v) is 1.14. The first-order chi connectivity index (χ1) is 6.38. The molecule has 0 amide bonds. The minimum atomic E-state index is 0.817. The molecule has 0 saturated heterocycles. The molecule has 0 atom stereocenters. The van der Waals surface area contributed by atoms with Gasteiger partial charge in [0, 0.05) is 19.3 Å². The Bertz CT molecular complexity index is 257. The summed E-state index contributed by atoms with van der Waals surface area (Å²) in [5.41, 5.74) is 1.10. The summed E-state index contributed by atoms with van der Waals surface area (Å²) < 4.78 is 0. The van der Waals surface area contributed by atoms with Crippen molar-refractivity contribution in [2.75, 3.05) is 18.0 Å². The Morgan fingerprint density at radius 2 is 2.00 bits per heavy atom. The lowest BCUT2D eigenvalue weighted by atomic mass is 10.3. The first-order valence-electron chi connectivity index (χ1n) is 4.25. The molecule has 0 radical (unpaired) electrons. The number of aromatic nitrogens is 1. The quantitative estimate of drug-likeness (QED) is 0.636. The Hall–Kier alpha value is -1.57. The van der Waals surface area contributed by atoms with E-state index in [1.165, 1.54) is 0 Å². The third-order valence-corrected chi connectivity index (χ3v) is 1.71. The maximum absolute atomic E-state index is 4.06. The van der Waals surface area contributed by atoms with Gasteiger partial charge in [0.1, 0.15) is 0 Å². The van der Waals surface area contributed by atoms with Crippen LogP contribution in [0.1, 0.15) is 0 Å². The van der Waals surface area contributed by atoms with Crippen LogP contribution in [0.2, 0.25) is 0 Å². The van der Waals surface area contributed by atoms with Crippen molar-refractivity contribution in [2.45, 2.75) is 0 Å². The van der Waals surface area contributed by atoms with Crippen molar-refractivity contribution in [2.24, 2.45) is 0 Å². The maximum atomic E-state index is 4.06. The minimum absolute atomic E-state index is 0.817. The van der Waals surface area contributed by atoms with Gasteiger partial charge in [0.15, 0.2) is 0 Å². The Kier molecular flexibility index (Phi) is 3.76. The van der Waals surface area contributed by atoms with Crippen molar-refractivity contribution in [1.29, 1.82) is 0 Å². The van der Waals surface area contributed by atoms with E-state index in [1.54, 1.807) is 6.20 Å². The van der Waals surface area contributed by atoms with E-state index in [0.717, 1.165) is 18.8 Å². The van der Waals surface area contributed by atoms with E-state index in [2.05, 4.69) is 23.0 Å². The van der Waals surface area contributed by atoms with Crippen molar-refractivity contribution in [1.82, 2.24) is 4.98 Å². The zero-order valence-corrected chi connectivity index (χ0v) is 7.69. The van der Waals surface area contributed by atoms with Crippen molar-refractivity contribution in [3.63, 3.8) is 0 Å². The van der Waals surface area contributed by atoms with Crippen LogP contribution in [-0.4, -0.2) is 18.1 Å². The summed E-state index contributed by atoms with van der Waals surface area (Å²) >= 11 is 0. The smallest absolute Gasteiger partial charge is 0.0558 e. The highest BCUT2D eigenvalue weighted by Gasteiger charge is 2.00. The van der Waals surface area contributed by atoms with E-state index in [-0.39, 0.29) is 0 Å². The first kappa shape index (κ1) is 9.52. The van der Waals surface area contributed by atoms with Crippen molar-refractivity contribution < 1.29 is 0 Å². The molecule has 0 bridgehead atoms. The third kappa shape index (κ3) is 2.75. The molecule has 0 N–H and O–H groups in total. The number of hydrogen-bond acceptors (Lipinski definition) is 2. The van der Waals surface area contributed by atoms with Gasteiger partial charge in [-0.15, -0.1) is 13.2 Å². The van der Waals surface area contributed by atoms with Gasteiger partial charge in [-0.2, -0.15) is 0 Å². The van der Waals surface area contributed by atoms with E-state index in [0.29, 0.717) is 0 Å². The van der Waals surface area contributed by atoms with Gasteiger partial charge in [-0.25, -0.2) is 0 Å². The van der Waals surface area contributed by atoms with Crippen molar-refractivity contribution >= 4 is 5.69 Å². The fraction of sp³-hybridized carbons (Fsp3) is 0.182. The largest absolute Gasteiger partial charge is 0.363 e. The minimum Gasteiger partial charge on any atom is -0.363 e. The van der Waals surface area contributed by atoms with Crippen LogP contribution in [0.25, 0.3) is 0 Å². The Labute approximate surface area is 79.2 Å². The molecule has 0 aromatic carbocycles. The molecule has 0 aliphatic rings.